The van der Waals surface area contributed by atoms with Gasteiger partial charge in [0.05, 0.1) is 12.0 Å². The molecule has 0 aliphatic carbocycles. The zero-order valence-corrected chi connectivity index (χ0v) is 18.7. The molecule has 0 atom stereocenters. The van der Waals surface area contributed by atoms with Crippen LogP contribution in [0.1, 0.15) is 16.7 Å². The van der Waals surface area contributed by atoms with E-state index >= 15 is 0 Å². The largest absolute Gasteiger partial charge is 0.488 e. The third-order valence-corrected chi connectivity index (χ3v) is 6.01. The zero-order chi connectivity index (χ0) is 20.6. The highest BCUT2D eigenvalue weighted by Gasteiger charge is 2.07. The molecule has 0 bridgehead atoms. The lowest BCUT2D eigenvalue weighted by atomic mass is 10.1. The second-order valence-corrected chi connectivity index (χ2v) is 9.09. The Labute approximate surface area is 184 Å². The van der Waals surface area contributed by atoms with Gasteiger partial charge in [0.2, 0.25) is 5.13 Å². The van der Waals surface area contributed by atoms with Gasteiger partial charge in [-0.05, 0) is 30.7 Å². The number of benzene rings is 2. The topological polar surface area (TPSA) is 102 Å². The summed E-state index contributed by atoms with van der Waals surface area (Å²) in [4.78, 5) is 11.9. The van der Waals surface area contributed by atoms with Gasteiger partial charge in [0.25, 0.3) is 5.91 Å². The van der Waals surface area contributed by atoms with E-state index in [2.05, 4.69) is 36.7 Å². The lowest BCUT2D eigenvalue weighted by Gasteiger charge is -2.10. The molecule has 3 N–H and O–H groups in total. The summed E-state index contributed by atoms with van der Waals surface area (Å²) in [5, 5.41) is 12.0. The third kappa shape index (κ3) is 6.84. The molecule has 1 aromatic heterocycles. The first-order valence-electron chi connectivity index (χ1n) is 8.51. The number of aryl methyl sites for hydroxylation is 1. The van der Waals surface area contributed by atoms with Crippen LogP contribution in [0.3, 0.4) is 0 Å². The monoisotopic (exact) mass is 491 g/mol. The van der Waals surface area contributed by atoms with Crippen LogP contribution in [-0.2, 0) is 11.4 Å². The molecule has 0 aliphatic heterocycles. The van der Waals surface area contributed by atoms with Crippen molar-refractivity contribution in [3.63, 3.8) is 0 Å². The van der Waals surface area contributed by atoms with Crippen molar-refractivity contribution in [3.05, 3.63) is 63.6 Å². The maximum atomic E-state index is 11.9. The molecule has 10 heteroatoms. The van der Waals surface area contributed by atoms with E-state index in [9.17, 15) is 4.79 Å². The van der Waals surface area contributed by atoms with Crippen LogP contribution in [0.4, 0.5) is 5.13 Å². The van der Waals surface area contributed by atoms with Crippen LogP contribution in [0.2, 0.25) is 0 Å². The minimum Gasteiger partial charge on any atom is -0.488 e. The van der Waals surface area contributed by atoms with Gasteiger partial charge in [-0.25, -0.2) is 5.43 Å². The average Bonchev–Trinajstić information content (AvgIpc) is 3.12. The van der Waals surface area contributed by atoms with Gasteiger partial charge in [0, 0.05) is 10.0 Å². The molecule has 0 radical (unpaired) electrons. The Kier molecular flexibility index (Phi) is 7.62. The van der Waals surface area contributed by atoms with E-state index in [1.165, 1.54) is 28.7 Å². The molecule has 0 saturated heterocycles. The first-order valence-corrected chi connectivity index (χ1v) is 11.1. The Hall–Kier alpha value is -2.43. The standard InChI is InChI=1S/C19H18BrN5O2S2/c1-12-2-4-13(5-3-12)10-27-16-7-6-15(20)8-14(16)9-22-23-17(26)11-28-19-25-24-18(21)29-19/h2-9H,10-11H2,1H3,(H2,21,24)(H,23,26). The summed E-state index contributed by atoms with van der Waals surface area (Å²) in [5.74, 6) is 0.587. The number of rotatable bonds is 8. The van der Waals surface area contributed by atoms with E-state index in [1.54, 1.807) is 6.21 Å². The number of hydrogen-bond acceptors (Lipinski definition) is 8. The van der Waals surface area contributed by atoms with Gasteiger partial charge < -0.3 is 10.5 Å². The molecule has 0 saturated carbocycles. The summed E-state index contributed by atoms with van der Waals surface area (Å²) in [6.07, 6.45) is 1.56. The Balaban J connectivity index is 1.56. The van der Waals surface area contributed by atoms with Gasteiger partial charge in [-0.3, -0.25) is 4.79 Å². The Morgan fingerprint density at radius 3 is 2.83 bits per heavy atom. The van der Waals surface area contributed by atoms with Gasteiger partial charge >= 0.3 is 0 Å². The summed E-state index contributed by atoms with van der Waals surface area (Å²) < 4.78 is 7.45. The van der Waals surface area contributed by atoms with Crippen LogP contribution in [0.15, 0.2) is 56.4 Å². The second kappa shape index (κ2) is 10.4. The Bertz CT molecular complexity index is 1010. The molecular weight excluding hydrogens is 474 g/mol. The number of halogens is 1. The van der Waals surface area contributed by atoms with Crippen molar-refractivity contribution < 1.29 is 9.53 Å². The van der Waals surface area contributed by atoms with Crippen molar-refractivity contribution in [3.8, 4) is 5.75 Å². The van der Waals surface area contributed by atoms with E-state index in [4.69, 9.17) is 10.5 Å². The molecule has 0 spiro atoms. The highest BCUT2D eigenvalue weighted by molar-refractivity contribution is 9.10. The molecule has 2 aromatic carbocycles. The molecular formula is C19H18BrN5O2S2. The number of nitrogens with two attached hydrogens (primary N) is 1. The summed E-state index contributed by atoms with van der Waals surface area (Å²) >= 11 is 5.94. The average molecular weight is 492 g/mol. The summed E-state index contributed by atoms with van der Waals surface area (Å²) in [6.45, 7) is 2.49. The number of hydrogen-bond donors (Lipinski definition) is 2. The van der Waals surface area contributed by atoms with Gasteiger partial charge in [0.15, 0.2) is 4.34 Å². The number of nitrogen functional groups attached to an aromatic ring is 1. The van der Waals surface area contributed by atoms with Crippen LogP contribution in [0.25, 0.3) is 0 Å². The SMILES string of the molecule is Cc1ccc(COc2ccc(Br)cc2C=NNC(=O)CSc2nnc(N)s2)cc1. The maximum absolute atomic E-state index is 11.9. The smallest absolute Gasteiger partial charge is 0.250 e. The number of hydrazone groups is 1. The predicted molar refractivity (Wildman–Crippen MR) is 120 cm³/mol. The Morgan fingerprint density at radius 1 is 1.31 bits per heavy atom. The molecule has 7 nitrogen and oxygen atoms in total. The van der Waals surface area contributed by atoms with E-state index in [0.717, 1.165) is 15.6 Å². The molecule has 0 aliphatic rings. The van der Waals surface area contributed by atoms with E-state index in [-0.39, 0.29) is 11.7 Å². The van der Waals surface area contributed by atoms with Crippen LogP contribution in [0, 0.1) is 6.92 Å². The lowest BCUT2D eigenvalue weighted by molar-refractivity contribution is -0.118. The van der Waals surface area contributed by atoms with E-state index in [1.807, 2.05) is 49.4 Å². The number of anilines is 1. The highest BCUT2D eigenvalue weighted by Crippen LogP contribution is 2.24. The Morgan fingerprint density at radius 2 is 2.10 bits per heavy atom. The van der Waals surface area contributed by atoms with E-state index < -0.39 is 0 Å². The van der Waals surface area contributed by atoms with Crippen molar-refractivity contribution in [2.75, 3.05) is 11.5 Å². The maximum Gasteiger partial charge on any atom is 0.250 e. The van der Waals surface area contributed by atoms with Crippen LogP contribution in [0.5, 0.6) is 5.75 Å². The number of aromatic nitrogens is 2. The molecule has 1 heterocycles. The number of nitrogens with zero attached hydrogens (tertiary/aromatic N) is 3. The highest BCUT2D eigenvalue weighted by atomic mass is 79.9. The fourth-order valence-corrected chi connectivity index (χ4v) is 4.02. The van der Waals surface area contributed by atoms with Crippen LogP contribution >= 0.6 is 39.0 Å². The zero-order valence-electron chi connectivity index (χ0n) is 15.5. The van der Waals surface area contributed by atoms with Gasteiger partial charge in [-0.1, -0.05) is 68.9 Å². The summed E-state index contributed by atoms with van der Waals surface area (Å²) in [6, 6.07) is 13.8. The molecule has 29 heavy (non-hydrogen) atoms. The predicted octanol–water partition coefficient (Wildman–Crippen LogP) is 4.01. The minimum atomic E-state index is -0.253. The van der Waals surface area contributed by atoms with Crippen molar-refractivity contribution >= 4 is 56.3 Å². The van der Waals surface area contributed by atoms with Crippen molar-refractivity contribution in [2.24, 2.45) is 5.10 Å². The lowest BCUT2D eigenvalue weighted by Crippen LogP contribution is -2.19. The normalized spacial score (nSPS) is 11.0. The van der Waals surface area contributed by atoms with Gasteiger partial charge in [-0.15, -0.1) is 10.2 Å². The molecule has 3 aromatic rings. The van der Waals surface area contributed by atoms with Crippen molar-refractivity contribution in [2.45, 2.75) is 17.9 Å². The van der Waals surface area contributed by atoms with Crippen molar-refractivity contribution in [1.29, 1.82) is 0 Å². The molecule has 150 valence electrons. The molecule has 1 amide bonds. The quantitative estimate of drug-likeness (QED) is 0.280. The number of thioether (sulfide) groups is 1. The van der Waals surface area contributed by atoms with E-state index in [0.29, 0.717) is 21.8 Å². The second-order valence-electron chi connectivity index (χ2n) is 5.94. The fraction of sp³-hybridized carbons (Fsp3) is 0.158. The van der Waals surface area contributed by atoms with Gasteiger partial charge in [0.1, 0.15) is 12.4 Å². The molecule has 0 fully saturated rings. The van der Waals surface area contributed by atoms with Crippen LogP contribution in [-0.4, -0.2) is 28.1 Å². The van der Waals surface area contributed by atoms with Crippen molar-refractivity contribution in [1.82, 2.24) is 15.6 Å². The van der Waals surface area contributed by atoms with Gasteiger partial charge in [-0.2, -0.15) is 5.10 Å². The van der Waals surface area contributed by atoms with Crippen LogP contribution < -0.4 is 15.9 Å². The fourth-order valence-electron chi connectivity index (χ4n) is 2.21. The number of carbonyl (C=O) groups is 1. The number of nitrogens with one attached hydrogen (secondary N) is 1. The first kappa shape index (κ1) is 21.3. The first-order chi connectivity index (χ1) is 14.0. The summed E-state index contributed by atoms with van der Waals surface area (Å²) in [7, 11) is 0. The number of ether oxygens (including phenoxy) is 1. The molecule has 3 rings (SSSR count). The summed E-state index contributed by atoms with van der Waals surface area (Å²) in [5.41, 5.74) is 11.0. The third-order valence-electron chi connectivity index (χ3n) is 3.63. The number of carbonyl (C=O) groups excluding carboxylic acids is 1. The number of amides is 1. The minimum absolute atomic E-state index is 0.168. The molecule has 0 unspecified atom stereocenters.